The van der Waals surface area contributed by atoms with Gasteiger partial charge in [0.25, 0.3) is 5.91 Å². The van der Waals surface area contributed by atoms with Crippen LogP contribution in [0, 0.1) is 6.92 Å². The van der Waals surface area contributed by atoms with E-state index in [-0.39, 0.29) is 23.6 Å². The van der Waals surface area contributed by atoms with E-state index in [2.05, 4.69) is 20.9 Å². The quantitative estimate of drug-likeness (QED) is 0.602. The zero-order valence-electron chi connectivity index (χ0n) is 17.4. The predicted molar refractivity (Wildman–Crippen MR) is 107 cm³/mol. The molecule has 1 amide bonds. The smallest absolute Gasteiger partial charge is 0.410 e. The summed E-state index contributed by atoms with van der Waals surface area (Å²) in [5.74, 6) is 0.742. The van der Waals surface area contributed by atoms with Crippen molar-refractivity contribution in [2.24, 2.45) is 0 Å². The minimum Gasteiger partial charge on any atom is -0.493 e. The molecule has 0 radical (unpaired) electrons. The van der Waals surface area contributed by atoms with Gasteiger partial charge in [0, 0.05) is 12.5 Å². The second kappa shape index (κ2) is 8.09. The molecule has 0 saturated carbocycles. The number of ether oxygens (including phenoxy) is 2. The van der Waals surface area contributed by atoms with E-state index < -0.39 is 24.2 Å². The summed E-state index contributed by atoms with van der Waals surface area (Å²) in [7, 11) is 2.91. The second-order valence-corrected chi connectivity index (χ2v) is 7.23. The van der Waals surface area contributed by atoms with Crippen LogP contribution in [0.4, 0.5) is 24.8 Å². The topological polar surface area (TPSA) is 103 Å². The number of rotatable bonds is 5. The third-order valence-electron chi connectivity index (χ3n) is 5.16. The third kappa shape index (κ3) is 3.95. The lowest BCUT2D eigenvalue weighted by molar-refractivity contribution is -0.173. The number of aryl methyl sites for hydroxylation is 1. The standard InChI is InChI=1S/C20H20F3N5O4/c1-10-6-17(27-32-10)26-19(29)12-9-24-28-16(20(21,22)23)8-13(25-18(12)28)11-4-5-14(30-2)15(7-11)31-3/h4-7,9,13,16,25H,8H2,1-3H3,(H,26,27,29). The van der Waals surface area contributed by atoms with Crippen molar-refractivity contribution in [3.05, 3.63) is 47.3 Å². The number of halogens is 3. The third-order valence-corrected chi connectivity index (χ3v) is 5.16. The molecule has 9 nitrogen and oxygen atoms in total. The molecule has 0 bridgehead atoms. The molecule has 0 spiro atoms. The number of nitrogens with one attached hydrogen (secondary N) is 2. The van der Waals surface area contributed by atoms with Gasteiger partial charge in [-0.05, 0) is 24.6 Å². The van der Waals surface area contributed by atoms with E-state index in [0.717, 1.165) is 10.9 Å². The first-order chi connectivity index (χ1) is 15.2. The molecule has 2 atom stereocenters. The number of nitrogens with zero attached hydrogens (tertiary/aromatic N) is 3. The van der Waals surface area contributed by atoms with E-state index in [1.54, 1.807) is 25.1 Å². The number of aromatic nitrogens is 3. The van der Waals surface area contributed by atoms with Crippen LogP contribution in [0.1, 0.15) is 40.2 Å². The number of carbonyl (C=O) groups excluding carboxylic acids is 1. The molecule has 3 aromatic rings. The fourth-order valence-electron chi connectivity index (χ4n) is 3.63. The Labute approximate surface area is 180 Å². The number of alkyl halides is 3. The first kappa shape index (κ1) is 21.5. The highest BCUT2D eigenvalue weighted by atomic mass is 19.4. The Bertz CT molecular complexity index is 1140. The summed E-state index contributed by atoms with van der Waals surface area (Å²) in [5, 5.41) is 13.0. The van der Waals surface area contributed by atoms with Crippen LogP contribution in [-0.2, 0) is 0 Å². The normalized spacial score (nSPS) is 17.9. The molecule has 2 unspecified atom stereocenters. The predicted octanol–water partition coefficient (Wildman–Crippen LogP) is 4.11. The zero-order chi connectivity index (χ0) is 23.0. The number of fused-ring (bicyclic) bond motifs is 1. The van der Waals surface area contributed by atoms with E-state index in [4.69, 9.17) is 14.0 Å². The van der Waals surface area contributed by atoms with Gasteiger partial charge in [-0.15, -0.1) is 0 Å². The van der Waals surface area contributed by atoms with Crippen molar-refractivity contribution in [2.75, 3.05) is 24.9 Å². The van der Waals surface area contributed by atoms with Gasteiger partial charge in [-0.25, -0.2) is 4.68 Å². The lowest BCUT2D eigenvalue weighted by atomic mass is 9.96. The number of amides is 1. The van der Waals surface area contributed by atoms with Gasteiger partial charge in [0.15, 0.2) is 23.4 Å². The fraction of sp³-hybridized carbons (Fsp3) is 0.350. The van der Waals surface area contributed by atoms with Gasteiger partial charge in [0.05, 0.1) is 26.5 Å². The molecular weight excluding hydrogens is 431 g/mol. The van der Waals surface area contributed by atoms with Gasteiger partial charge in [0.2, 0.25) is 0 Å². The van der Waals surface area contributed by atoms with E-state index in [1.807, 2.05) is 0 Å². The molecule has 12 heteroatoms. The maximum atomic E-state index is 13.9. The molecular formula is C20H20F3N5O4. The molecule has 0 saturated heterocycles. The Hall–Kier alpha value is -3.70. The summed E-state index contributed by atoms with van der Waals surface area (Å²) in [6, 6.07) is 3.68. The maximum absolute atomic E-state index is 13.9. The van der Waals surface area contributed by atoms with E-state index in [1.165, 1.54) is 20.3 Å². The van der Waals surface area contributed by atoms with Crippen LogP contribution in [0.25, 0.3) is 0 Å². The van der Waals surface area contributed by atoms with Crippen molar-refractivity contribution in [3.8, 4) is 11.5 Å². The minimum absolute atomic E-state index is 0.0453. The number of benzene rings is 1. The van der Waals surface area contributed by atoms with Crippen LogP contribution in [0.3, 0.4) is 0 Å². The highest BCUT2D eigenvalue weighted by Gasteiger charge is 2.47. The monoisotopic (exact) mass is 451 g/mol. The van der Waals surface area contributed by atoms with Crippen LogP contribution >= 0.6 is 0 Å². The summed E-state index contributed by atoms with van der Waals surface area (Å²) in [6.07, 6.45) is -3.80. The van der Waals surface area contributed by atoms with Crippen LogP contribution < -0.4 is 20.1 Å². The molecule has 1 aliphatic rings. The van der Waals surface area contributed by atoms with Crippen LogP contribution in [-0.4, -0.2) is 41.2 Å². The van der Waals surface area contributed by atoms with Crippen molar-refractivity contribution in [3.63, 3.8) is 0 Å². The van der Waals surface area contributed by atoms with Crippen LogP contribution in [0.5, 0.6) is 11.5 Å². The molecule has 0 fully saturated rings. The Kier molecular flexibility index (Phi) is 5.45. The lowest BCUT2D eigenvalue weighted by Crippen LogP contribution is -2.36. The van der Waals surface area contributed by atoms with Gasteiger partial charge < -0.3 is 24.6 Å². The maximum Gasteiger partial charge on any atom is 0.410 e. The lowest BCUT2D eigenvalue weighted by Gasteiger charge is -2.34. The second-order valence-electron chi connectivity index (χ2n) is 7.23. The van der Waals surface area contributed by atoms with E-state index in [0.29, 0.717) is 22.8 Å². The average Bonchev–Trinajstić information content (AvgIpc) is 3.37. The molecule has 170 valence electrons. The first-order valence-corrected chi connectivity index (χ1v) is 9.58. The Morgan fingerprint density at radius 3 is 2.62 bits per heavy atom. The Balaban J connectivity index is 1.70. The average molecular weight is 451 g/mol. The molecule has 2 N–H and O–H groups in total. The molecule has 1 aromatic carbocycles. The molecule has 3 heterocycles. The highest BCUT2D eigenvalue weighted by molar-refractivity contribution is 6.07. The first-order valence-electron chi connectivity index (χ1n) is 9.58. The fourth-order valence-corrected chi connectivity index (χ4v) is 3.63. The molecule has 32 heavy (non-hydrogen) atoms. The number of anilines is 2. The van der Waals surface area contributed by atoms with E-state index in [9.17, 15) is 18.0 Å². The summed E-state index contributed by atoms with van der Waals surface area (Å²) in [6.45, 7) is 1.65. The van der Waals surface area contributed by atoms with Gasteiger partial charge in [-0.2, -0.15) is 18.3 Å². The van der Waals surface area contributed by atoms with Crippen LogP contribution in [0.15, 0.2) is 35.0 Å². The van der Waals surface area contributed by atoms with Crippen molar-refractivity contribution in [2.45, 2.75) is 31.6 Å². The van der Waals surface area contributed by atoms with Crippen molar-refractivity contribution < 1.29 is 32.0 Å². The van der Waals surface area contributed by atoms with Gasteiger partial charge in [0.1, 0.15) is 17.1 Å². The highest BCUT2D eigenvalue weighted by Crippen LogP contribution is 2.45. The SMILES string of the molecule is COc1ccc(C2CC(C(F)(F)F)n3ncc(C(=O)Nc4cc(C)on4)c3N2)cc1OC. The number of methoxy groups -OCH3 is 2. The van der Waals surface area contributed by atoms with Crippen molar-refractivity contribution in [1.29, 1.82) is 0 Å². The van der Waals surface area contributed by atoms with Gasteiger partial charge >= 0.3 is 6.18 Å². The number of hydrogen-bond donors (Lipinski definition) is 2. The summed E-state index contributed by atoms with van der Waals surface area (Å²) >= 11 is 0. The Morgan fingerprint density at radius 2 is 2.00 bits per heavy atom. The van der Waals surface area contributed by atoms with Crippen molar-refractivity contribution >= 4 is 17.5 Å². The van der Waals surface area contributed by atoms with Crippen LogP contribution in [0.2, 0.25) is 0 Å². The summed E-state index contributed by atoms with van der Waals surface area (Å²) in [4.78, 5) is 12.7. The van der Waals surface area contributed by atoms with E-state index >= 15 is 0 Å². The molecule has 2 aromatic heterocycles. The Morgan fingerprint density at radius 1 is 1.25 bits per heavy atom. The van der Waals surface area contributed by atoms with Gasteiger partial charge in [-0.1, -0.05) is 11.2 Å². The van der Waals surface area contributed by atoms with Crippen molar-refractivity contribution in [1.82, 2.24) is 14.9 Å². The zero-order valence-corrected chi connectivity index (χ0v) is 17.4. The molecule has 4 rings (SSSR count). The minimum atomic E-state index is -4.57. The number of carbonyl (C=O) groups is 1. The molecule has 1 aliphatic heterocycles. The molecule has 0 aliphatic carbocycles. The summed E-state index contributed by atoms with van der Waals surface area (Å²) < 4.78 is 57.8. The summed E-state index contributed by atoms with van der Waals surface area (Å²) in [5.41, 5.74) is 0.493. The largest absolute Gasteiger partial charge is 0.493 e. The van der Waals surface area contributed by atoms with Gasteiger partial charge in [-0.3, -0.25) is 4.79 Å². The number of hydrogen-bond acceptors (Lipinski definition) is 7.